The average Bonchev–Trinajstić information content (AvgIpc) is 3.38. The number of aliphatic carboxylic acids is 1. The van der Waals surface area contributed by atoms with Gasteiger partial charge in [0, 0.05) is 12.5 Å². The highest BCUT2D eigenvalue weighted by molar-refractivity contribution is 5.81. The molecule has 0 aromatic heterocycles. The van der Waals surface area contributed by atoms with Gasteiger partial charge in [-0.15, -0.1) is 0 Å². The number of nitrogens with zero attached hydrogens (tertiary/aromatic N) is 1. The molecule has 1 amide bonds. The molecule has 2 aliphatic rings. The number of amides is 1. The second-order valence-electron chi connectivity index (χ2n) is 8.60. The van der Waals surface area contributed by atoms with E-state index >= 15 is 0 Å². The van der Waals surface area contributed by atoms with Gasteiger partial charge in [-0.25, -0.2) is 9.59 Å². The Labute approximate surface area is 187 Å². The monoisotopic (exact) mass is 427 g/mol. The van der Waals surface area contributed by atoms with E-state index in [9.17, 15) is 14.7 Å². The van der Waals surface area contributed by atoms with E-state index in [1.807, 2.05) is 54.6 Å². The molecule has 5 rings (SSSR count). The fourth-order valence-corrected chi connectivity index (χ4v) is 5.13. The lowest BCUT2D eigenvalue weighted by Crippen LogP contribution is -2.41. The van der Waals surface area contributed by atoms with E-state index in [0.717, 1.165) is 34.2 Å². The number of likely N-dealkylation sites (tertiary alicyclic amines) is 1. The van der Waals surface area contributed by atoms with Crippen molar-refractivity contribution in [3.8, 4) is 11.1 Å². The van der Waals surface area contributed by atoms with Crippen LogP contribution in [0.1, 0.15) is 29.0 Å². The van der Waals surface area contributed by atoms with Crippen LogP contribution >= 0.6 is 0 Å². The van der Waals surface area contributed by atoms with Crippen LogP contribution < -0.4 is 0 Å². The predicted octanol–water partition coefficient (Wildman–Crippen LogP) is 4.95. The topological polar surface area (TPSA) is 66.8 Å². The van der Waals surface area contributed by atoms with Crippen molar-refractivity contribution < 1.29 is 19.4 Å². The molecule has 162 valence electrons. The van der Waals surface area contributed by atoms with E-state index in [-0.39, 0.29) is 18.4 Å². The number of carboxylic acid groups (broad SMARTS) is 1. The van der Waals surface area contributed by atoms with Crippen molar-refractivity contribution in [1.29, 1.82) is 0 Å². The summed E-state index contributed by atoms with van der Waals surface area (Å²) in [6.45, 7) is 0.585. The summed E-state index contributed by atoms with van der Waals surface area (Å²) in [7, 11) is 0. The zero-order chi connectivity index (χ0) is 22.1. The largest absolute Gasteiger partial charge is 0.480 e. The van der Waals surface area contributed by atoms with Crippen LogP contribution in [0.4, 0.5) is 4.79 Å². The molecule has 1 aliphatic heterocycles. The van der Waals surface area contributed by atoms with E-state index in [1.54, 1.807) is 0 Å². The van der Waals surface area contributed by atoms with Crippen molar-refractivity contribution in [1.82, 2.24) is 4.90 Å². The lowest BCUT2D eigenvalue weighted by Gasteiger charge is -2.22. The first-order chi connectivity index (χ1) is 15.6. The number of benzene rings is 3. The fourth-order valence-electron chi connectivity index (χ4n) is 5.13. The van der Waals surface area contributed by atoms with Gasteiger partial charge in [0.25, 0.3) is 0 Å². The van der Waals surface area contributed by atoms with Crippen molar-refractivity contribution >= 4 is 12.1 Å². The Bertz CT molecular complexity index is 1100. The van der Waals surface area contributed by atoms with Gasteiger partial charge >= 0.3 is 12.1 Å². The molecule has 1 fully saturated rings. The van der Waals surface area contributed by atoms with Crippen molar-refractivity contribution in [2.45, 2.75) is 24.8 Å². The summed E-state index contributed by atoms with van der Waals surface area (Å²) < 4.78 is 5.73. The Morgan fingerprint density at radius 3 is 2.09 bits per heavy atom. The van der Waals surface area contributed by atoms with Gasteiger partial charge < -0.3 is 9.84 Å². The van der Waals surface area contributed by atoms with Gasteiger partial charge in [-0.3, -0.25) is 4.90 Å². The molecule has 1 heterocycles. The van der Waals surface area contributed by atoms with Gasteiger partial charge in [0.2, 0.25) is 0 Å². The van der Waals surface area contributed by atoms with E-state index in [1.165, 1.54) is 4.90 Å². The maximum absolute atomic E-state index is 13.0. The van der Waals surface area contributed by atoms with E-state index in [4.69, 9.17) is 4.74 Å². The molecular weight excluding hydrogens is 402 g/mol. The lowest BCUT2D eigenvalue weighted by molar-refractivity contribution is -0.141. The van der Waals surface area contributed by atoms with Gasteiger partial charge in [-0.05, 0) is 46.6 Å². The number of carbonyl (C=O) groups is 2. The summed E-state index contributed by atoms with van der Waals surface area (Å²) in [5, 5.41) is 9.71. The zero-order valence-electron chi connectivity index (χ0n) is 17.7. The summed E-state index contributed by atoms with van der Waals surface area (Å²) in [4.78, 5) is 26.2. The number of carbonyl (C=O) groups excluding carboxylic acids is 1. The molecule has 1 saturated heterocycles. The Hall–Kier alpha value is -3.60. The summed E-state index contributed by atoms with van der Waals surface area (Å²) >= 11 is 0. The van der Waals surface area contributed by atoms with Crippen molar-refractivity contribution in [2.75, 3.05) is 13.2 Å². The Morgan fingerprint density at radius 1 is 0.875 bits per heavy atom. The standard InChI is InChI=1S/C27H25NO4/c29-26(30)25-15-19(14-18-8-2-1-3-9-18)16-28(25)27(31)32-17-24-22-12-6-4-10-20(22)21-11-5-7-13-23(21)24/h1-13,19,24-25H,14-17H2,(H,29,30)/t19-,25-/m1/s1. The van der Waals surface area contributed by atoms with Crippen LogP contribution in [0.2, 0.25) is 0 Å². The quantitative estimate of drug-likeness (QED) is 0.625. The molecule has 3 aromatic rings. The smallest absolute Gasteiger partial charge is 0.410 e. The Balaban J connectivity index is 1.30. The average molecular weight is 428 g/mol. The molecule has 0 unspecified atom stereocenters. The van der Waals surface area contributed by atoms with E-state index in [0.29, 0.717) is 13.0 Å². The number of rotatable bonds is 5. The number of carboxylic acids is 1. The number of hydrogen-bond acceptors (Lipinski definition) is 3. The van der Waals surface area contributed by atoms with E-state index in [2.05, 4.69) is 24.3 Å². The second-order valence-corrected chi connectivity index (χ2v) is 8.60. The molecule has 1 N–H and O–H groups in total. The molecule has 1 aliphatic carbocycles. The number of ether oxygens (including phenoxy) is 1. The molecule has 5 nitrogen and oxygen atoms in total. The van der Waals surface area contributed by atoms with Gasteiger partial charge in [0.15, 0.2) is 0 Å². The van der Waals surface area contributed by atoms with E-state index < -0.39 is 18.1 Å². The molecule has 2 atom stereocenters. The van der Waals surface area contributed by atoms with Crippen LogP contribution in [0.25, 0.3) is 11.1 Å². The zero-order valence-corrected chi connectivity index (χ0v) is 17.7. The summed E-state index contributed by atoms with van der Waals surface area (Å²) in [5.74, 6) is -0.926. The molecular formula is C27H25NO4. The van der Waals surface area contributed by atoms with Crippen LogP contribution in [0.5, 0.6) is 0 Å². The predicted molar refractivity (Wildman–Crippen MR) is 121 cm³/mol. The summed E-state index contributed by atoms with van der Waals surface area (Å²) in [6, 6.07) is 25.5. The van der Waals surface area contributed by atoms with Gasteiger partial charge in [-0.1, -0.05) is 78.9 Å². The van der Waals surface area contributed by atoms with Gasteiger partial charge in [-0.2, -0.15) is 0 Å². The minimum atomic E-state index is -0.978. The first-order valence-corrected chi connectivity index (χ1v) is 11.0. The molecule has 32 heavy (non-hydrogen) atoms. The third-order valence-corrected chi connectivity index (χ3v) is 6.61. The first-order valence-electron chi connectivity index (χ1n) is 11.0. The lowest BCUT2D eigenvalue weighted by atomic mass is 9.97. The maximum atomic E-state index is 13.0. The molecule has 3 aromatic carbocycles. The van der Waals surface area contributed by atoms with Crippen LogP contribution in [-0.2, 0) is 16.0 Å². The Morgan fingerprint density at radius 2 is 1.47 bits per heavy atom. The SMILES string of the molecule is O=C(O)[C@H]1C[C@@H](Cc2ccccc2)CN1C(=O)OCC1c2ccccc2-c2ccccc21. The highest BCUT2D eigenvalue weighted by atomic mass is 16.6. The maximum Gasteiger partial charge on any atom is 0.410 e. The van der Waals surface area contributed by atoms with Gasteiger partial charge in [0.05, 0.1) is 0 Å². The fraction of sp³-hybridized carbons (Fsp3) is 0.259. The highest BCUT2D eigenvalue weighted by Gasteiger charge is 2.41. The summed E-state index contributed by atoms with van der Waals surface area (Å²) in [6.07, 6.45) is 0.640. The van der Waals surface area contributed by atoms with Crippen LogP contribution in [0, 0.1) is 5.92 Å². The number of hydrogen-bond donors (Lipinski definition) is 1. The van der Waals surface area contributed by atoms with Gasteiger partial charge in [0.1, 0.15) is 12.6 Å². The van der Waals surface area contributed by atoms with Crippen LogP contribution in [0.15, 0.2) is 78.9 Å². The minimum Gasteiger partial charge on any atom is -0.480 e. The van der Waals surface area contributed by atoms with Crippen molar-refractivity contribution in [3.05, 3.63) is 95.6 Å². The highest BCUT2D eigenvalue weighted by Crippen LogP contribution is 2.44. The molecule has 0 radical (unpaired) electrons. The van der Waals surface area contributed by atoms with Crippen LogP contribution in [-0.4, -0.2) is 41.3 Å². The molecule has 0 spiro atoms. The second kappa shape index (κ2) is 8.50. The first kappa shape index (κ1) is 20.3. The Kier molecular flexibility index (Phi) is 5.39. The van der Waals surface area contributed by atoms with Crippen molar-refractivity contribution in [3.63, 3.8) is 0 Å². The minimum absolute atomic E-state index is 0.0441. The normalized spacial score (nSPS) is 19.4. The van der Waals surface area contributed by atoms with Crippen molar-refractivity contribution in [2.24, 2.45) is 5.92 Å². The molecule has 5 heteroatoms. The third kappa shape index (κ3) is 3.75. The molecule has 0 saturated carbocycles. The third-order valence-electron chi connectivity index (χ3n) is 6.61. The van der Waals surface area contributed by atoms with Crippen LogP contribution in [0.3, 0.4) is 0 Å². The summed E-state index contributed by atoms with van der Waals surface area (Å²) in [5.41, 5.74) is 5.75. The number of fused-ring (bicyclic) bond motifs is 3. The molecule has 0 bridgehead atoms.